The maximum Gasteiger partial charge on any atom is 0.280 e. The molecule has 1 atom stereocenters. The van der Waals surface area contributed by atoms with Crippen LogP contribution in [0.2, 0.25) is 0 Å². The summed E-state index contributed by atoms with van der Waals surface area (Å²) in [7, 11) is -1.04. The molecule has 3 N–H and O–H groups in total. The standard InChI is InChI=1S/C25H29N5O7S/c1-16-12-22(26-15-16)38(32,33)30-25-24(27-18-6-4-5-7-19(18)28-25)29-20-13-17(34-2)14-21(35-3)23(20)37-11-10-36-9-8-31/h4-7,12-16,31H,8-11H2,1-3H3,(H,27,29)(H,28,30). The van der Waals surface area contributed by atoms with Gasteiger partial charge < -0.3 is 29.4 Å². The fraction of sp³-hybridized carbons (Fsp3) is 0.320. The molecule has 2 aromatic carbocycles. The molecule has 2 heterocycles. The van der Waals surface area contributed by atoms with Crippen LogP contribution in [-0.2, 0) is 14.8 Å². The van der Waals surface area contributed by atoms with Gasteiger partial charge >= 0.3 is 0 Å². The van der Waals surface area contributed by atoms with Crippen molar-refractivity contribution in [3.05, 3.63) is 47.5 Å². The fourth-order valence-corrected chi connectivity index (χ4v) is 4.68. The van der Waals surface area contributed by atoms with E-state index >= 15 is 0 Å². The number of aliphatic hydroxyl groups excluding tert-OH is 1. The van der Waals surface area contributed by atoms with E-state index in [-0.39, 0.29) is 49.0 Å². The number of para-hydroxylation sites is 2. The van der Waals surface area contributed by atoms with Crippen molar-refractivity contribution in [2.45, 2.75) is 6.92 Å². The van der Waals surface area contributed by atoms with Crippen LogP contribution in [0.15, 0.2) is 52.5 Å². The van der Waals surface area contributed by atoms with Crippen LogP contribution in [0.3, 0.4) is 0 Å². The predicted octanol–water partition coefficient (Wildman–Crippen LogP) is 3.08. The second kappa shape index (κ2) is 12.1. The van der Waals surface area contributed by atoms with Gasteiger partial charge in [0, 0.05) is 24.3 Å². The summed E-state index contributed by atoms with van der Waals surface area (Å²) in [5, 5.41) is 11.9. The minimum atomic E-state index is -4.04. The van der Waals surface area contributed by atoms with Crippen molar-refractivity contribution in [2.24, 2.45) is 10.9 Å². The number of rotatable bonds is 13. The van der Waals surface area contributed by atoms with Crippen LogP contribution in [0.1, 0.15) is 6.92 Å². The third kappa shape index (κ3) is 6.30. The zero-order chi connectivity index (χ0) is 27.1. The van der Waals surface area contributed by atoms with Crippen molar-refractivity contribution in [3.63, 3.8) is 0 Å². The lowest BCUT2D eigenvalue weighted by molar-refractivity contribution is 0.0700. The number of aromatic nitrogens is 2. The van der Waals surface area contributed by atoms with Crippen LogP contribution < -0.4 is 24.2 Å². The van der Waals surface area contributed by atoms with Gasteiger partial charge in [0.15, 0.2) is 28.2 Å². The molecule has 13 heteroatoms. The summed E-state index contributed by atoms with van der Waals surface area (Å²) in [6.07, 6.45) is 3.10. The lowest BCUT2D eigenvalue weighted by Crippen LogP contribution is -2.17. The first-order chi connectivity index (χ1) is 18.3. The fourth-order valence-electron chi connectivity index (χ4n) is 3.58. The van der Waals surface area contributed by atoms with Gasteiger partial charge in [-0.15, -0.1) is 0 Å². The zero-order valence-electron chi connectivity index (χ0n) is 21.2. The number of methoxy groups -OCH3 is 2. The summed E-state index contributed by atoms with van der Waals surface area (Å²) in [4.78, 5) is 13.1. The number of nitrogens with one attached hydrogen (secondary N) is 2. The molecule has 1 aromatic heterocycles. The highest BCUT2D eigenvalue weighted by molar-refractivity contribution is 7.96. The SMILES string of the molecule is COc1cc(Nc2nc3ccccc3nc2NS(=O)(=O)C2=CC(C)C=N2)c(OCCOCCO)c(OC)c1. The molecule has 0 saturated heterocycles. The molecular weight excluding hydrogens is 514 g/mol. The van der Waals surface area contributed by atoms with Gasteiger partial charge in [0.1, 0.15) is 12.4 Å². The summed E-state index contributed by atoms with van der Waals surface area (Å²) in [6, 6.07) is 10.4. The van der Waals surface area contributed by atoms with Crippen molar-refractivity contribution in [3.8, 4) is 17.2 Å². The van der Waals surface area contributed by atoms with Crippen molar-refractivity contribution in [1.82, 2.24) is 9.97 Å². The number of sulfonamides is 1. The molecule has 3 aromatic rings. The molecule has 4 rings (SSSR count). The third-order valence-corrected chi connectivity index (χ3v) is 6.62. The first-order valence-electron chi connectivity index (χ1n) is 11.7. The predicted molar refractivity (Wildman–Crippen MR) is 144 cm³/mol. The highest BCUT2D eigenvalue weighted by Crippen LogP contribution is 2.42. The Hall–Kier alpha value is -3.94. The van der Waals surface area contributed by atoms with Crippen molar-refractivity contribution in [1.29, 1.82) is 0 Å². The Labute approximate surface area is 220 Å². The average molecular weight is 544 g/mol. The van der Waals surface area contributed by atoms with E-state index in [4.69, 9.17) is 24.1 Å². The number of nitrogens with zero attached hydrogens (tertiary/aromatic N) is 3. The molecule has 1 aliphatic rings. The number of hydrogen-bond donors (Lipinski definition) is 3. The zero-order valence-corrected chi connectivity index (χ0v) is 22.0. The van der Waals surface area contributed by atoms with E-state index in [2.05, 4.69) is 25.0 Å². The number of hydrogen-bond acceptors (Lipinski definition) is 11. The minimum absolute atomic E-state index is 0.0293. The number of benzene rings is 2. The van der Waals surface area contributed by atoms with Crippen LogP contribution >= 0.6 is 0 Å². The molecule has 0 saturated carbocycles. The lowest BCUT2D eigenvalue weighted by atomic mass is 10.2. The minimum Gasteiger partial charge on any atom is -0.497 e. The number of aliphatic hydroxyl groups is 1. The molecule has 1 unspecified atom stereocenters. The third-order valence-electron chi connectivity index (χ3n) is 5.37. The molecule has 0 bridgehead atoms. The highest BCUT2D eigenvalue weighted by Gasteiger charge is 2.25. The Bertz CT molecular complexity index is 1460. The summed E-state index contributed by atoms with van der Waals surface area (Å²) in [5.41, 5.74) is 1.42. The van der Waals surface area contributed by atoms with E-state index in [9.17, 15) is 8.42 Å². The van der Waals surface area contributed by atoms with Crippen molar-refractivity contribution < 1.29 is 32.5 Å². The van der Waals surface area contributed by atoms with E-state index in [1.165, 1.54) is 14.2 Å². The number of ether oxygens (including phenoxy) is 4. The largest absolute Gasteiger partial charge is 0.497 e. The van der Waals surface area contributed by atoms with Crippen molar-refractivity contribution >= 4 is 44.6 Å². The molecule has 12 nitrogen and oxygen atoms in total. The summed E-state index contributed by atoms with van der Waals surface area (Å²) >= 11 is 0. The van der Waals surface area contributed by atoms with Crippen molar-refractivity contribution in [2.75, 3.05) is 50.7 Å². The van der Waals surface area contributed by atoms with Gasteiger partial charge in [-0.1, -0.05) is 19.1 Å². The van der Waals surface area contributed by atoms with Crippen LogP contribution in [0, 0.1) is 5.92 Å². The Morgan fingerprint density at radius 3 is 2.37 bits per heavy atom. The highest BCUT2D eigenvalue weighted by atomic mass is 32.2. The molecule has 0 aliphatic carbocycles. The van der Waals surface area contributed by atoms with Gasteiger partial charge in [-0.05, 0) is 18.2 Å². The topological polar surface area (TPSA) is 153 Å². The van der Waals surface area contributed by atoms with Crippen LogP contribution in [-0.4, -0.2) is 70.4 Å². The maximum atomic E-state index is 13.1. The smallest absolute Gasteiger partial charge is 0.280 e. The second-order valence-electron chi connectivity index (χ2n) is 8.17. The lowest BCUT2D eigenvalue weighted by Gasteiger charge is -2.19. The van der Waals surface area contributed by atoms with E-state index in [0.29, 0.717) is 34.0 Å². The van der Waals surface area contributed by atoms with Gasteiger partial charge in [-0.2, -0.15) is 8.42 Å². The summed E-state index contributed by atoms with van der Waals surface area (Å²) in [6.45, 7) is 2.30. The summed E-state index contributed by atoms with van der Waals surface area (Å²) < 4.78 is 50.8. The number of aliphatic imine (C=N–C) groups is 1. The van der Waals surface area contributed by atoms with Gasteiger partial charge in [0.25, 0.3) is 10.0 Å². The first-order valence-corrected chi connectivity index (χ1v) is 13.2. The maximum absolute atomic E-state index is 13.1. The number of anilines is 3. The number of fused-ring (bicyclic) bond motifs is 1. The Balaban J connectivity index is 1.75. The summed E-state index contributed by atoms with van der Waals surface area (Å²) in [5.74, 6) is 1.14. The monoisotopic (exact) mass is 543 g/mol. The van der Waals surface area contributed by atoms with E-state index in [1.807, 2.05) is 6.92 Å². The molecule has 0 fully saturated rings. The molecular formula is C25H29N5O7S. The van der Waals surface area contributed by atoms with Crippen LogP contribution in [0.4, 0.5) is 17.3 Å². The molecule has 202 valence electrons. The molecule has 0 amide bonds. The van der Waals surface area contributed by atoms with Gasteiger partial charge in [0.05, 0.1) is 50.8 Å². The van der Waals surface area contributed by atoms with E-state index < -0.39 is 10.0 Å². The molecule has 38 heavy (non-hydrogen) atoms. The van der Waals surface area contributed by atoms with Gasteiger partial charge in [-0.3, -0.25) is 4.72 Å². The van der Waals surface area contributed by atoms with Gasteiger partial charge in [-0.25, -0.2) is 15.0 Å². The molecule has 1 aliphatic heterocycles. The Morgan fingerprint density at radius 2 is 1.74 bits per heavy atom. The Kier molecular flexibility index (Phi) is 8.61. The normalized spacial score (nSPS) is 14.8. The van der Waals surface area contributed by atoms with Crippen LogP contribution in [0.5, 0.6) is 17.2 Å². The second-order valence-corrected chi connectivity index (χ2v) is 9.80. The quantitative estimate of drug-likeness (QED) is 0.274. The van der Waals surface area contributed by atoms with Crippen LogP contribution in [0.25, 0.3) is 11.0 Å². The number of allylic oxidation sites excluding steroid dienone is 1. The van der Waals surface area contributed by atoms with E-state index in [0.717, 1.165) is 0 Å². The van der Waals surface area contributed by atoms with Gasteiger partial charge in [0.2, 0.25) is 0 Å². The Morgan fingerprint density at radius 1 is 1.00 bits per heavy atom. The average Bonchev–Trinajstić information content (AvgIpc) is 3.36. The van der Waals surface area contributed by atoms with E-state index in [1.54, 1.807) is 48.7 Å². The molecule has 0 spiro atoms. The molecule has 0 radical (unpaired) electrons. The first kappa shape index (κ1) is 27.1.